The second-order valence-corrected chi connectivity index (χ2v) is 5.78. The number of amides is 1. The van der Waals surface area contributed by atoms with Gasteiger partial charge in [-0.15, -0.1) is 0 Å². The van der Waals surface area contributed by atoms with E-state index in [0.717, 1.165) is 5.69 Å². The topological polar surface area (TPSA) is 99.1 Å². The van der Waals surface area contributed by atoms with Crippen LogP contribution in [0.4, 0.5) is 5.69 Å². The van der Waals surface area contributed by atoms with E-state index in [0.29, 0.717) is 23.8 Å². The molecule has 130 valence electrons. The van der Waals surface area contributed by atoms with Gasteiger partial charge in [0.2, 0.25) is 5.91 Å². The van der Waals surface area contributed by atoms with Crippen LogP contribution in [0, 0.1) is 17.0 Å². The predicted octanol–water partition coefficient (Wildman–Crippen LogP) is 2.02. The molecule has 0 fully saturated rings. The van der Waals surface area contributed by atoms with Gasteiger partial charge in [0.15, 0.2) is 0 Å². The number of aromatic nitrogens is 4. The first-order valence-electron chi connectivity index (χ1n) is 7.46. The number of carbonyl (C=O) groups is 1. The third-order valence-corrected chi connectivity index (χ3v) is 4.00. The Morgan fingerprint density at radius 2 is 2.21 bits per heavy atom. The normalized spacial score (nSPS) is 10.8. The minimum atomic E-state index is -0.485. The van der Waals surface area contributed by atoms with E-state index in [1.807, 2.05) is 6.92 Å². The molecule has 0 radical (unpaired) electrons. The van der Waals surface area contributed by atoms with Crippen molar-refractivity contribution in [2.75, 3.05) is 7.05 Å². The molecule has 10 heteroatoms. The number of nitro groups is 1. The van der Waals surface area contributed by atoms with Gasteiger partial charge in [-0.1, -0.05) is 11.6 Å². The van der Waals surface area contributed by atoms with Crippen molar-refractivity contribution in [3.8, 4) is 0 Å². The molecule has 0 aliphatic heterocycles. The van der Waals surface area contributed by atoms with Crippen LogP contribution in [-0.4, -0.2) is 42.3 Å². The lowest BCUT2D eigenvalue weighted by molar-refractivity contribution is -0.385. The fraction of sp³-hybridized carbons (Fsp3) is 0.500. The number of rotatable bonds is 7. The van der Waals surface area contributed by atoms with Crippen LogP contribution in [0.3, 0.4) is 0 Å². The molecule has 0 saturated carbocycles. The third kappa shape index (κ3) is 3.91. The first kappa shape index (κ1) is 17.9. The summed E-state index contributed by atoms with van der Waals surface area (Å²) in [6, 6.07) is 0. The van der Waals surface area contributed by atoms with Gasteiger partial charge in [-0.3, -0.25) is 24.3 Å². The Morgan fingerprint density at radius 1 is 1.50 bits per heavy atom. The van der Waals surface area contributed by atoms with Crippen molar-refractivity contribution < 1.29 is 9.72 Å². The van der Waals surface area contributed by atoms with Crippen molar-refractivity contribution in [3.05, 3.63) is 38.9 Å². The Hall–Kier alpha value is -2.42. The smallest absolute Gasteiger partial charge is 0.309 e. The van der Waals surface area contributed by atoms with Crippen molar-refractivity contribution in [2.24, 2.45) is 0 Å². The van der Waals surface area contributed by atoms with Gasteiger partial charge in [0.05, 0.1) is 28.4 Å². The molecule has 2 heterocycles. The molecular weight excluding hydrogens is 336 g/mol. The molecule has 24 heavy (non-hydrogen) atoms. The molecule has 2 rings (SSSR count). The fourth-order valence-corrected chi connectivity index (χ4v) is 2.53. The second-order valence-electron chi connectivity index (χ2n) is 5.37. The van der Waals surface area contributed by atoms with E-state index >= 15 is 0 Å². The Bertz CT molecular complexity index is 754. The Kier molecular flexibility index (Phi) is 5.55. The van der Waals surface area contributed by atoms with Crippen molar-refractivity contribution >= 4 is 23.2 Å². The third-order valence-electron chi connectivity index (χ3n) is 3.68. The summed E-state index contributed by atoms with van der Waals surface area (Å²) in [6.45, 7) is 4.81. The zero-order chi connectivity index (χ0) is 17.9. The van der Waals surface area contributed by atoms with Crippen LogP contribution in [0.15, 0.2) is 12.4 Å². The van der Waals surface area contributed by atoms with Gasteiger partial charge >= 0.3 is 5.69 Å². The van der Waals surface area contributed by atoms with Crippen molar-refractivity contribution in [1.29, 1.82) is 0 Å². The van der Waals surface area contributed by atoms with Gasteiger partial charge in [-0.05, 0) is 13.8 Å². The Balaban J connectivity index is 1.95. The van der Waals surface area contributed by atoms with Crippen LogP contribution in [-0.2, 0) is 24.4 Å². The maximum atomic E-state index is 12.3. The maximum absolute atomic E-state index is 12.3. The molecule has 0 unspecified atom stereocenters. The first-order valence-corrected chi connectivity index (χ1v) is 7.83. The molecule has 9 nitrogen and oxygen atoms in total. The molecule has 0 aliphatic rings. The fourth-order valence-electron chi connectivity index (χ4n) is 2.33. The average molecular weight is 355 g/mol. The SMILES string of the molecule is CCn1ncc(Cl)c1CN(C)C(=O)CCn1cc([N+](=O)[O-])c(C)n1. The van der Waals surface area contributed by atoms with Crippen LogP contribution in [0.5, 0.6) is 0 Å². The molecule has 2 aromatic rings. The van der Waals surface area contributed by atoms with Gasteiger partial charge in [-0.25, -0.2) is 0 Å². The number of hydrogen-bond acceptors (Lipinski definition) is 5. The van der Waals surface area contributed by atoms with Crippen LogP contribution in [0.1, 0.15) is 24.7 Å². The minimum Gasteiger partial charge on any atom is -0.340 e. The molecule has 0 atom stereocenters. The summed E-state index contributed by atoms with van der Waals surface area (Å²) >= 11 is 6.10. The molecule has 2 aromatic heterocycles. The standard InChI is InChI=1S/C14H19ClN6O3/c1-4-20-13(11(15)7-16-20)8-18(3)14(22)5-6-19-9-12(21(23)24)10(2)17-19/h7,9H,4-6,8H2,1-3H3. The molecule has 0 N–H and O–H groups in total. The van der Waals surface area contributed by atoms with Gasteiger partial charge in [0.1, 0.15) is 11.9 Å². The molecular formula is C14H19ClN6O3. The quantitative estimate of drug-likeness (QED) is 0.559. The lowest BCUT2D eigenvalue weighted by atomic mass is 10.3. The average Bonchev–Trinajstić information content (AvgIpc) is 3.08. The van der Waals surface area contributed by atoms with E-state index in [1.54, 1.807) is 29.7 Å². The first-order chi connectivity index (χ1) is 11.3. The lowest BCUT2D eigenvalue weighted by Crippen LogP contribution is -2.28. The highest BCUT2D eigenvalue weighted by Crippen LogP contribution is 2.18. The van der Waals surface area contributed by atoms with Crippen LogP contribution >= 0.6 is 11.6 Å². The molecule has 0 saturated heterocycles. The number of nitrogens with zero attached hydrogens (tertiary/aromatic N) is 6. The van der Waals surface area contributed by atoms with E-state index in [-0.39, 0.29) is 24.6 Å². The monoisotopic (exact) mass is 354 g/mol. The second kappa shape index (κ2) is 7.43. The van der Waals surface area contributed by atoms with Crippen molar-refractivity contribution in [3.63, 3.8) is 0 Å². The zero-order valence-electron chi connectivity index (χ0n) is 13.8. The molecule has 0 aliphatic carbocycles. The summed E-state index contributed by atoms with van der Waals surface area (Å²) in [5.74, 6) is -0.106. The van der Waals surface area contributed by atoms with Gasteiger partial charge in [-0.2, -0.15) is 10.2 Å². The molecule has 0 spiro atoms. The van der Waals surface area contributed by atoms with Crippen molar-refractivity contribution in [2.45, 2.75) is 39.9 Å². The van der Waals surface area contributed by atoms with Crippen LogP contribution in [0.25, 0.3) is 0 Å². The van der Waals surface area contributed by atoms with Gasteiger partial charge < -0.3 is 4.90 Å². The highest BCUT2D eigenvalue weighted by molar-refractivity contribution is 6.31. The number of aryl methyl sites for hydroxylation is 3. The van der Waals surface area contributed by atoms with Crippen LogP contribution < -0.4 is 0 Å². The van der Waals surface area contributed by atoms with E-state index in [1.165, 1.54) is 10.9 Å². The highest BCUT2D eigenvalue weighted by atomic mass is 35.5. The summed E-state index contributed by atoms with van der Waals surface area (Å²) in [5.41, 5.74) is 1.06. The van der Waals surface area contributed by atoms with Crippen molar-refractivity contribution in [1.82, 2.24) is 24.5 Å². The van der Waals surface area contributed by atoms with E-state index < -0.39 is 4.92 Å². The van der Waals surface area contributed by atoms with E-state index in [2.05, 4.69) is 10.2 Å². The maximum Gasteiger partial charge on any atom is 0.309 e. The molecule has 1 amide bonds. The number of hydrogen-bond donors (Lipinski definition) is 0. The summed E-state index contributed by atoms with van der Waals surface area (Å²) in [5, 5.41) is 19.5. The Morgan fingerprint density at radius 3 is 2.79 bits per heavy atom. The van der Waals surface area contributed by atoms with E-state index in [9.17, 15) is 14.9 Å². The highest BCUT2D eigenvalue weighted by Gasteiger charge is 2.18. The van der Waals surface area contributed by atoms with Gasteiger partial charge in [0, 0.05) is 26.6 Å². The van der Waals surface area contributed by atoms with Crippen LogP contribution in [0.2, 0.25) is 5.02 Å². The number of carbonyl (C=O) groups excluding carboxylic acids is 1. The predicted molar refractivity (Wildman–Crippen MR) is 87.6 cm³/mol. The summed E-state index contributed by atoms with van der Waals surface area (Å²) < 4.78 is 3.16. The lowest BCUT2D eigenvalue weighted by Gasteiger charge is -2.18. The summed E-state index contributed by atoms with van der Waals surface area (Å²) in [7, 11) is 1.68. The molecule has 0 aromatic carbocycles. The minimum absolute atomic E-state index is 0.0468. The zero-order valence-corrected chi connectivity index (χ0v) is 14.5. The summed E-state index contributed by atoms with van der Waals surface area (Å²) in [4.78, 5) is 24.1. The molecule has 0 bridgehead atoms. The number of halogens is 1. The largest absolute Gasteiger partial charge is 0.340 e. The Labute approximate surface area is 144 Å². The van der Waals surface area contributed by atoms with E-state index in [4.69, 9.17) is 11.6 Å². The summed E-state index contributed by atoms with van der Waals surface area (Å²) in [6.07, 6.45) is 3.09. The van der Waals surface area contributed by atoms with Gasteiger partial charge in [0.25, 0.3) is 0 Å².